The fourth-order valence-corrected chi connectivity index (χ4v) is 2.08. The molecule has 2 N–H and O–H groups in total. The Balaban J connectivity index is 1.94. The zero-order valence-electron chi connectivity index (χ0n) is 6.43. The van der Waals surface area contributed by atoms with Crippen LogP contribution in [-0.4, -0.2) is 25.2 Å². The van der Waals surface area contributed by atoms with Gasteiger partial charge in [-0.1, -0.05) is 6.92 Å². The highest BCUT2D eigenvalue weighted by Gasteiger charge is 2.35. The van der Waals surface area contributed by atoms with E-state index in [9.17, 15) is 0 Å². The molecule has 0 aromatic heterocycles. The van der Waals surface area contributed by atoms with Crippen molar-refractivity contribution in [2.75, 3.05) is 13.1 Å². The van der Waals surface area contributed by atoms with Gasteiger partial charge in [0.15, 0.2) is 0 Å². The third kappa shape index (κ3) is 0.956. The van der Waals surface area contributed by atoms with Crippen molar-refractivity contribution in [3.63, 3.8) is 0 Å². The van der Waals surface area contributed by atoms with E-state index in [1.54, 1.807) is 0 Å². The Labute approximate surface area is 62.4 Å². The van der Waals surface area contributed by atoms with Gasteiger partial charge in [0.25, 0.3) is 0 Å². The van der Waals surface area contributed by atoms with Gasteiger partial charge in [0, 0.05) is 18.6 Å². The van der Waals surface area contributed by atoms with E-state index >= 15 is 0 Å². The van der Waals surface area contributed by atoms with Crippen LogP contribution in [0.4, 0.5) is 0 Å². The van der Waals surface area contributed by atoms with Crippen molar-refractivity contribution in [1.82, 2.24) is 10.6 Å². The SMILES string of the molecule is C[CH]C1CC2CNCC2N1. The fourth-order valence-electron chi connectivity index (χ4n) is 2.08. The molecule has 0 bridgehead atoms. The highest BCUT2D eigenvalue weighted by Crippen LogP contribution is 2.23. The third-order valence-electron chi connectivity index (χ3n) is 2.73. The zero-order valence-corrected chi connectivity index (χ0v) is 6.43. The first-order valence-corrected chi connectivity index (χ1v) is 4.16. The Kier molecular flexibility index (Phi) is 1.66. The number of hydrogen-bond donors (Lipinski definition) is 2. The summed E-state index contributed by atoms with van der Waals surface area (Å²) in [6, 6.07) is 1.46. The second-order valence-corrected chi connectivity index (χ2v) is 3.37. The third-order valence-corrected chi connectivity index (χ3v) is 2.73. The summed E-state index contributed by atoms with van der Waals surface area (Å²) < 4.78 is 0. The quantitative estimate of drug-likeness (QED) is 0.541. The van der Waals surface area contributed by atoms with Crippen molar-refractivity contribution >= 4 is 0 Å². The molecule has 57 valence electrons. The summed E-state index contributed by atoms with van der Waals surface area (Å²) in [7, 11) is 0. The molecule has 10 heavy (non-hydrogen) atoms. The Morgan fingerprint density at radius 1 is 1.40 bits per heavy atom. The summed E-state index contributed by atoms with van der Waals surface area (Å²) in [6.45, 7) is 4.54. The molecular weight excluding hydrogens is 124 g/mol. The molecule has 0 aromatic carbocycles. The predicted octanol–water partition coefficient (Wildman–Crippen LogP) is 0.160. The molecule has 3 atom stereocenters. The number of rotatable bonds is 1. The first-order valence-electron chi connectivity index (χ1n) is 4.16. The Hall–Kier alpha value is -0.0800. The molecule has 0 saturated carbocycles. The van der Waals surface area contributed by atoms with Gasteiger partial charge in [-0.2, -0.15) is 0 Å². The van der Waals surface area contributed by atoms with Crippen LogP contribution in [0.5, 0.6) is 0 Å². The van der Waals surface area contributed by atoms with E-state index in [1.807, 2.05) is 0 Å². The van der Waals surface area contributed by atoms with E-state index in [-0.39, 0.29) is 0 Å². The number of fused-ring (bicyclic) bond motifs is 1. The van der Waals surface area contributed by atoms with Crippen LogP contribution in [-0.2, 0) is 0 Å². The van der Waals surface area contributed by atoms with Crippen molar-refractivity contribution in [2.24, 2.45) is 5.92 Å². The van der Waals surface area contributed by atoms with Gasteiger partial charge in [-0.15, -0.1) is 0 Å². The van der Waals surface area contributed by atoms with E-state index in [1.165, 1.54) is 19.5 Å². The topological polar surface area (TPSA) is 24.1 Å². The van der Waals surface area contributed by atoms with Crippen molar-refractivity contribution in [2.45, 2.75) is 25.4 Å². The van der Waals surface area contributed by atoms with Crippen molar-refractivity contribution in [3.8, 4) is 0 Å². The largest absolute Gasteiger partial charge is 0.315 e. The molecule has 0 spiro atoms. The summed E-state index contributed by atoms with van der Waals surface area (Å²) >= 11 is 0. The molecule has 3 unspecified atom stereocenters. The maximum absolute atomic E-state index is 3.58. The summed E-state index contributed by atoms with van der Waals surface area (Å²) in [4.78, 5) is 0. The summed E-state index contributed by atoms with van der Waals surface area (Å²) in [5.41, 5.74) is 0. The second-order valence-electron chi connectivity index (χ2n) is 3.37. The molecule has 2 saturated heterocycles. The molecule has 2 nitrogen and oxygen atoms in total. The van der Waals surface area contributed by atoms with Gasteiger partial charge in [-0.25, -0.2) is 0 Å². The van der Waals surface area contributed by atoms with Crippen LogP contribution < -0.4 is 10.6 Å². The minimum atomic E-state index is 0.692. The van der Waals surface area contributed by atoms with Crippen LogP contribution in [0.3, 0.4) is 0 Å². The lowest BCUT2D eigenvalue weighted by Crippen LogP contribution is -2.33. The molecule has 2 aliphatic rings. The monoisotopic (exact) mass is 139 g/mol. The number of nitrogens with one attached hydrogen (secondary N) is 2. The van der Waals surface area contributed by atoms with Crippen LogP contribution in [0.2, 0.25) is 0 Å². The highest BCUT2D eigenvalue weighted by molar-refractivity contribution is 5.00. The first-order chi connectivity index (χ1) is 4.90. The Bertz CT molecular complexity index is 112. The van der Waals surface area contributed by atoms with Crippen LogP contribution in [0.25, 0.3) is 0 Å². The van der Waals surface area contributed by atoms with Crippen LogP contribution in [0.15, 0.2) is 0 Å². The molecular formula is C8H15N2. The normalized spacial score (nSPS) is 45.9. The van der Waals surface area contributed by atoms with E-state index < -0.39 is 0 Å². The van der Waals surface area contributed by atoms with Crippen LogP contribution >= 0.6 is 0 Å². The van der Waals surface area contributed by atoms with Crippen LogP contribution in [0, 0.1) is 12.3 Å². The fraction of sp³-hybridized carbons (Fsp3) is 0.875. The molecule has 0 aliphatic carbocycles. The Morgan fingerprint density at radius 2 is 2.30 bits per heavy atom. The lowest BCUT2D eigenvalue weighted by molar-refractivity contribution is 0.554. The lowest BCUT2D eigenvalue weighted by atomic mass is 10.0. The van der Waals surface area contributed by atoms with Gasteiger partial charge in [0.05, 0.1) is 0 Å². The first kappa shape index (κ1) is 6.62. The molecule has 2 aliphatic heterocycles. The van der Waals surface area contributed by atoms with E-state index in [0.717, 1.165) is 12.0 Å². The number of hydrogen-bond acceptors (Lipinski definition) is 2. The average Bonchev–Trinajstić information content (AvgIpc) is 2.42. The summed E-state index contributed by atoms with van der Waals surface area (Å²) in [5.74, 6) is 0.904. The van der Waals surface area contributed by atoms with Crippen LogP contribution in [0.1, 0.15) is 13.3 Å². The van der Waals surface area contributed by atoms with E-state index in [4.69, 9.17) is 0 Å². The van der Waals surface area contributed by atoms with Gasteiger partial charge in [-0.05, 0) is 25.3 Å². The summed E-state index contributed by atoms with van der Waals surface area (Å²) in [6.07, 6.45) is 3.62. The van der Waals surface area contributed by atoms with E-state index in [2.05, 4.69) is 24.0 Å². The maximum Gasteiger partial charge on any atom is 0.0236 e. The maximum atomic E-state index is 3.58. The molecule has 1 radical (unpaired) electrons. The molecule has 2 rings (SSSR count). The zero-order chi connectivity index (χ0) is 6.97. The van der Waals surface area contributed by atoms with Crippen molar-refractivity contribution in [1.29, 1.82) is 0 Å². The van der Waals surface area contributed by atoms with Gasteiger partial charge in [0.1, 0.15) is 0 Å². The smallest absolute Gasteiger partial charge is 0.0236 e. The van der Waals surface area contributed by atoms with E-state index in [0.29, 0.717) is 6.04 Å². The van der Waals surface area contributed by atoms with Crippen molar-refractivity contribution in [3.05, 3.63) is 6.42 Å². The minimum absolute atomic E-state index is 0.692. The van der Waals surface area contributed by atoms with Gasteiger partial charge >= 0.3 is 0 Å². The Morgan fingerprint density at radius 3 is 3.00 bits per heavy atom. The molecule has 0 amide bonds. The molecule has 2 heterocycles. The lowest BCUT2D eigenvalue weighted by Gasteiger charge is -2.08. The standard InChI is InChI=1S/C8H15N2/c1-2-7-3-6-4-9-5-8(6)10-7/h2,6-10H,3-5H2,1H3. The minimum Gasteiger partial charge on any atom is -0.315 e. The summed E-state index contributed by atoms with van der Waals surface area (Å²) in [5, 5.41) is 6.98. The molecule has 2 heteroatoms. The predicted molar refractivity (Wildman–Crippen MR) is 41.7 cm³/mol. The van der Waals surface area contributed by atoms with Gasteiger partial charge in [-0.3, -0.25) is 0 Å². The highest BCUT2D eigenvalue weighted by atomic mass is 15.1. The second kappa shape index (κ2) is 2.51. The average molecular weight is 139 g/mol. The van der Waals surface area contributed by atoms with Crippen molar-refractivity contribution < 1.29 is 0 Å². The molecule has 2 fully saturated rings. The molecule has 0 aromatic rings. The van der Waals surface area contributed by atoms with Gasteiger partial charge in [0.2, 0.25) is 0 Å². The van der Waals surface area contributed by atoms with Gasteiger partial charge < -0.3 is 10.6 Å².